The monoisotopic (exact) mass is 441 g/mol. The first-order chi connectivity index (χ1) is 15.7. The average Bonchev–Trinajstić information content (AvgIpc) is 3.24. The van der Waals surface area contributed by atoms with Gasteiger partial charge in [0.1, 0.15) is 17.5 Å². The van der Waals surface area contributed by atoms with Crippen LogP contribution in [0.3, 0.4) is 0 Å². The Bertz CT molecular complexity index is 1280. The second-order valence-corrected chi connectivity index (χ2v) is 9.50. The van der Waals surface area contributed by atoms with E-state index in [0.29, 0.717) is 37.2 Å². The van der Waals surface area contributed by atoms with Gasteiger partial charge in [-0.2, -0.15) is 5.26 Å². The van der Waals surface area contributed by atoms with Crippen molar-refractivity contribution in [1.29, 1.82) is 5.26 Å². The molecule has 0 aliphatic carbocycles. The molecule has 1 fully saturated rings. The Balaban J connectivity index is 1.41. The fraction of sp³-hybridized carbons (Fsp3) is 0.333. The van der Waals surface area contributed by atoms with E-state index in [-0.39, 0.29) is 5.91 Å². The van der Waals surface area contributed by atoms with Gasteiger partial charge in [0.05, 0.1) is 17.0 Å². The number of rotatable bonds is 2. The van der Waals surface area contributed by atoms with E-state index < -0.39 is 11.2 Å². The van der Waals surface area contributed by atoms with Gasteiger partial charge in [-0.1, -0.05) is 24.3 Å². The minimum Gasteiger partial charge on any atom is -0.479 e. The van der Waals surface area contributed by atoms with Gasteiger partial charge in [-0.3, -0.25) is 9.36 Å². The van der Waals surface area contributed by atoms with Crippen molar-refractivity contribution in [1.82, 2.24) is 9.47 Å². The molecular weight excluding hydrogens is 414 g/mol. The van der Waals surface area contributed by atoms with Crippen LogP contribution in [0.4, 0.5) is 0 Å². The van der Waals surface area contributed by atoms with Crippen LogP contribution in [-0.4, -0.2) is 33.6 Å². The molecule has 0 saturated carbocycles. The maximum Gasteiger partial charge on any atom is 0.254 e. The quantitative estimate of drug-likeness (QED) is 0.639. The molecule has 6 nitrogen and oxygen atoms in total. The molecular formula is C27H27N3O3. The van der Waals surface area contributed by atoms with Crippen LogP contribution in [0, 0.1) is 18.3 Å². The standard InChI is InChI=1S/C27H27N3O3/c1-18-16-19(26(2,3)32)8-10-21(18)25(31)29-14-12-27(13-15-29)24-11-9-20(17-28)30(24)22-6-4-5-7-23(22)33-27/h4-11,16,32H,12-15H2,1-3H3. The second-order valence-electron chi connectivity index (χ2n) is 9.50. The van der Waals surface area contributed by atoms with E-state index in [1.165, 1.54) is 0 Å². The maximum absolute atomic E-state index is 13.3. The van der Waals surface area contributed by atoms with Crippen LogP contribution in [0.2, 0.25) is 0 Å². The molecule has 1 spiro atoms. The zero-order chi connectivity index (χ0) is 23.4. The van der Waals surface area contributed by atoms with Crippen LogP contribution in [0.5, 0.6) is 5.75 Å². The highest BCUT2D eigenvalue weighted by atomic mass is 16.5. The van der Waals surface area contributed by atoms with Crippen molar-refractivity contribution >= 4 is 5.91 Å². The number of carbonyl (C=O) groups is 1. The van der Waals surface area contributed by atoms with Gasteiger partial charge < -0.3 is 14.7 Å². The largest absolute Gasteiger partial charge is 0.479 e. The minimum absolute atomic E-state index is 0.00560. The Kier molecular flexibility index (Phi) is 4.84. The lowest BCUT2D eigenvalue weighted by Crippen LogP contribution is -2.50. The minimum atomic E-state index is -0.949. The molecule has 0 unspecified atom stereocenters. The van der Waals surface area contributed by atoms with Gasteiger partial charge in [-0.05, 0) is 62.2 Å². The first-order valence-electron chi connectivity index (χ1n) is 11.3. The summed E-state index contributed by atoms with van der Waals surface area (Å²) in [4.78, 5) is 15.2. The van der Waals surface area contributed by atoms with Gasteiger partial charge >= 0.3 is 0 Å². The Hall–Kier alpha value is -3.56. The predicted molar refractivity (Wildman–Crippen MR) is 124 cm³/mol. The highest BCUT2D eigenvalue weighted by molar-refractivity contribution is 5.95. The van der Waals surface area contributed by atoms with Gasteiger partial charge in [-0.25, -0.2) is 0 Å². The molecule has 168 valence electrons. The van der Waals surface area contributed by atoms with Crippen molar-refractivity contribution in [3.8, 4) is 17.5 Å². The zero-order valence-electron chi connectivity index (χ0n) is 19.1. The van der Waals surface area contributed by atoms with Crippen molar-refractivity contribution < 1.29 is 14.6 Å². The normalized spacial score (nSPS) is 16.5. The van der Waals surface area contributed by atoms with Crippen molar-refractivity contribution in [3.05, 3.63) is 82.7 Å². The first kappa shape index (κ1) is 21.3. The molecule has 33 heavy (non-hydrogen) atoms. The van der Waals surface area contributed by atoms with E-state index in [2.05, 4.69) is 6.07 Å². The summed E-state index contributed by atoms with van der Waals surface area (Å²) in [7, 11) is 0. The number of para-hydroxylation sites is 2. The lowest BCUT2D eigenvalue weighted by molar-refractivity contribution is -0.00940. The van der Waals surface area contributed by atoms with E-state index in [0.717, 1.165) is 28.3 Å². The Morgan fingerprint density at radius 1 is 1.12 bits per heavy atom. The summed E-state index contributed by atoms with van der Waals surface area (Å²) in [5.74, 6) is 0.754. The molecule has 0 radical (unpaired) electrons. The molecule has 1 saturated heterocycles. The lowest BCUT2D eigenvalue weighted by Gasteiger charge is -2.45. The van der Waals surface area contributed by atoms with E-state index in [1.54, 1.807) is 13.8 Å². The summed E-state index contributed by atoms with van der Waals surface area (Å²) in [6, 6.07) is 19.4. The third kappa shape index (κ3) is 3.40. The van der Waals surface area contributed by atoms with Gasteiger partial charge in [0.2, 0.25) is 0 Å². The summed E-state index contributed by atoms with van der Waals surface area (Å²) in [5, 5.41) is 19.9. The Labute approximate surface area is 193 Å². The van der Waals surface area contributed by atoms with Crippen LogP contribution in [0.1, 0.15) is 59.6 Å². The number of ether oxygens (including phenoxy) is 1. The number of amides is 1. The number of hydrogen-bond acceptors (Lipinski definition) is 4. The second kappa shape index (κ2) is 7.50. The molecule has 3 aromatic rings. The first-order valence-corrected chi connectivity index (χ1v) is 11.3. The average molecular weight is 442 g/mol. The number of hydrogen-bond donors (Lipinski definition) is 1. The summed E-state index contributed by atoms with van der Waals surface area (Å²) >= 11 is 0. The zero-order valence-corrected chi connectivity index (χ0v) is 19.1. The lowest BCUT2D eigenvalue weighted by atomic mass is 9.86. The van der Waals surface area contributed by atoms with Gasteiger partial charge in [0.25, 0.3) is 5.91 Å². The predicted octanol–water partition coefficient (Wildman–Crippen LogP) is 4.41. The van der Waals surface area contributed by atoms with Crippen molar-refractivity contribution in [2.45, 2.75) is 44.8 Å². The SMILES string of the molecule is Cc1cc(C(C)(C)O)ccc1C(=O)N1CCC2(CC1)Oc1ccccc1-n1c(C#N)ccc12. The van der Waals surface area contributed by atoms with Crippen LogP contribution in [-0.2, 0) is 11.2 Å². The molecule has 3 heterocycles. The van der Waals surface area contributed by atoms with Gasteiger partial charge in [0.15, 0.2) is 5.60 Å². The van der Waals surface area contributed by atoms with E-state index in [4.69, 9.17) is 4.74 Å². The van der Waals surface area contributed by atoms with E-state index in [1.807, 2.05) is 71.0 Å². The summed E-state index contributed by atoms with van der Waals surface area (Å²) in [6.07, 6.45) is 1.28. The Morgan fingerprint density at radius 2 is 1.85 bits per heavy atom. The number of likely N-dealkylation sites (tertiary alicyclic amines) is 1. The molecule has 1 aromatic heterocycles. The number of carbonyl (C=O) groups excluding carboxylic acids is 1. The number of aromatic nitrogens is 1. The molecule has 2 aromatic carbocycles. The van der Waals surface area contributed by atoms with Crippen molar-refractivity contribution in [2.24, 2.45) is 0 Å². The summed E-state index contributed by atoms with van der Waals surface area (Å²) in [5.41, 5.74) is 3.21. The number of nitrogens with zero attached hydrogens (tertiary/aromatic N) is 3. The highest BCUT2D eigenvalue weighted by Gasteiger charge is 2.45. The summed E-state index contributed by atoms with van der Waals surface area (Å²) < 4.78 is 8.56. The van der Waals surface area contributed by atoms with Crippen LogP contribution in [0.25, 0.3) is 5.69 Å². The molecule has 2 aliphatic rings. The fourth-order valence-electron chi connectivity index (χ4n) is 5.01. The molecule has 5 rings (SSSR count). The van der Waals surface area contributed by atoms with Crippen LogP contribution >= 0.6 is 0 Å². The number of piperidine rings is 1. The topological polar surface area (TPSA) is 78.5 Å². The molecule has 1 amide bonds. The maximum atomic E-state index is 13.3. The number of benzene rings is 2. The van der Waals surface area contributed by atoms with Gasteiger partial charge in [-0.15, -0.1) is 0 Å². The highest BCUT2D eigenvalue weighted by Crippen LogP contribution is 2.46. The molecule has 6 heteroatoms. The Morgan fingerprint density at radius 3 is 2.52 bits per heavy atom. The smallest absolute Gasteiger partial charge is 0.254 e. The van der Waals surface area contributed by atoms with Crippen LogP contribution in [0.15, 0.2) is 54.6 Å². The fourth-order valence-corrected chi connectivity index (χ4v) is 5.01. The van der Waals surface area contributed by atoms with E-state index >= 15 is 0 Å². The van der Waals surface area contributed by atoms with Crippen LogP contribution < -0.4 is 4.74 Å². The number of fused-ring (bicyclic) bond motifs is 4. The number of nitriles is 1. The summed E-state index contributed by atoms with van der Waals surface area (Å²) in [6.45, 7) is 6.50. The third-order valence-corrected chi connectivity index (χ3v) is 6.90. The molecule has 2 aliphatic heterocycles. The van der Waals surface area contributed by atoms with Gasteiger partial charge in [0, 0.05) is 31.5 Å². The molecule has 0 bridgehead atoms. The van der Waals surface area contributed by atoms with Crippen molar-refractivity contribution in [3.63, 3.8) is 0 Å². The van der Waals surface area contributed by atoms with Crippen molar-refractivity contribution in [2.75, 3.05) is 13.1 Å². The number of aryl methyl sites for hydroxylation is 1. The molecule has 0 atom stereocenters. The third-order valence-electron chi connectivity index (χ3n) is 6.90. The van der Waals surface area contributed by atoms with E-state index in [9.17, 15) is 15.2 Å². The number of aliphatic hydroxyl groups is 1. The molecule has 1 N–H and O–H groups in total.